The van der Waals surface area contributed by atoms with Crippen molar-refractivity contribution in [2.24, 2.45) is 0 Å². The topological polar surface area (TPSA) is 71.9 Å². The number of nitrogens with zero attached hydrogens (tertiary/aromatic N) is 2. The van der Waals surface area contributed by atoms with Crippen molar-refractivity contribution < 1.29 is 4.74 Å². The Morgan fingerprint density at radius 1 is 1.37 bits per heavy atom. The molecule has 5 heteroatoms. The summed E-state index contributed by atoms with van der Waals surface area (Å²) in [6.45, 7) is 1.89. The van der Waals surface area contributed by atoms with E-state index in [-0.39, 0.29) is 0 Å². The van der Waals surface area contributed by atoms with Gasteiger partial charge in [0.2, 0.25) is 5.88 Å². The lowest BCUT2D eigenvalue weighted by atomic mass is 10.2. The molecule has 96 valence electrons. The number of rotatable bonds is 3. The smallest absolute Gasteiger partial charge is 0.233 e. The van der Waals surface area contributed by atoms with E-state index in [0.29, 0.717) is 23.7 Å². The molecule has 0 saturated heterocycles. The number of ether oxygens (including phenoxy) is 1. The molecule has 0 amide bonds. The summed E-state index contributed by atoms with van der Waals surface area (Å²) in [7, 11) is 0. The third-order valence-corrected chi connectivity index (χ3v) is 3.63. The van der Waals surface area contributed by atoms with Crippen molar-refractivity contribution in [1.82, 2.24) is 4.98 Å². The number of anilines is 1. The quantitative estimate of drug-likeness (QED) is 0.938. The molecule has 0 fully saturated rings. The van der Waals surface area contributed by atoms with E-state index in [4.69, 9.17) is 15.7 Å². The van der Waals surface area contributed by atoms with Crippen LogP contribution >= 0.6 is 15.9 Å². The summed E-state index contributed by atoms with van der Waals surface area (Å²) in [6, 6.07) is 9.44. The molecule has 2 N–H and O–H groups in total. The van der Waals surface area contributed by atoms with Gasteiger partial charge in [0, 0.05) is 0 Å². The number of hydrogen-bond donors (Lipinski definition) is 1. The SMILES string of the molecule is Cc1c(N)cnc(Oc2ccc(CC#N)cc2)c1Br. The summed E-state index contributed by atoms with van der Waals surface area (Å²) in [5.41, 5.74) is 8.22. The van der Waals surface area contributed by atoms with Crippen molar-refractivity contribution in [2.45, 2.75) is 13.3 Å². The van der Waals surface area contributed by atoms with Gasteiger partial charge in [-0.1, -0.05) is 12.1 Å². The number of nitrogens with two attached hydrogens (primary N) is 1. The average Bonchev–Trinajstić information content (AvgIpc) is 2.42. The first-order valence-corrected chi connectivity index (χ1v) is 6.45. The number of pyridine rings is 1. The lowest BCUT2D eigenvalue weighted by molar-refractivity contribution is 0.459. The largest absolute Gasteiger partial charge is 0.438 e. The number of nitrogen functional groups attached to an aromatic ring is 1. The molecule has 1 aromatic heterocycles. The highest BCUT2D eigenvalue weighted by Crippen LogP contribution is 2.32. The molecular formula is C14H12BrN3O. The van der Waals surface area contributed by atoms with Gasteiger partial charge in [0.25, 0.3) is 0 Å². The van der Waals surface area contributed by atoms with E-state index in [1.54, 1.807) is 6.20 Å². The molecule has 2 rings (SSSR count). The van der Waals surface area contributed by atoms with E-state index in [1.165, 1.54) is 0 Å². The highest BCUT2D eigenvalue weighted by molar-refractivity contribution is 9.10. The maximum atomic E-state index is 8.61. The Morgan fingerprint density at radius 3 is 2.68 bits per heavy atom. The van der Waals surface area contributed by atoms with E-state index < -0.39 is 0 Å². The molecule has 0 atom stereocenters. The maximum absolute atomic E-state index is 8.61. The highest BCUT2D eigenvalue weighted by atomic mass is 79.9. The predicted molar refractivity (Wildman–Crippen MR) is 76.9 cm³/mol. The van der Waals surface area contributed by atoms with Crippen LogP contribution in [0.1, 0.15) is 11.1 Å². The zero-order chi connectivity index (χ0) is 13.8. The Morgan fingerprint density at radius 2 is 2.05 bits per heavy atom. The van der Waals surface area contributed by atoms with Gasteiger partial charge < -0.3 is 10.5 Å². The van der Waals surface area contributed by atoms with E-state index in [9.17, 15) is 0 Å². The average molecular weight is 318 g/mol. The maximum Gasteiger partial charge on any atom is 0.233 e. The summed E-state index contributed by atoms with van der Waals surface area (Å²) in [4.78, 5) is 4.15. The predicted octanol–water partition coefficient (Wildman–Crippen LogP) is 3.59. The van der Waals surface area contributed by atoms with Crippen LogP contribution in [0.4, 0.5) is 5.69 Å². The molecule has 1 heterocycles. The summed E-state index contributed by atoms with van der Waals surface area (Å²) in [6.07, 6.45) is 1.96. The van der Waals surface area contributed by atoms with Gasteiger partial charge in [-0.25, -0.2) is 4.98 Å². The first kappa shape index (κ1) is 13.4. The van der Waals surface area contributed by atoms with Crippen LogP contribution in [-0.2, 0) is 6.42 Å². The third kappa shape index (κ3) is 3.04. The van der Waals surface area contributed by atoms with Gasteiger partial charge in [0.15, 0.2) is 0 Å². The normalized spacial score (nSPS) is 9.95. The molecule has 4 nitrogen and oxygen atoms in total. The van der Waals surface area contributed by atoms with E-state index in [0.717, 1.165) is 15.6 Å². The van der Waals surface area contributed by atoms with Gasteiger partial charge in [0.1, 0.15) is 5.75 Å². The monoisotopic (exact) mass is 317 g/mol. The number of benzene rings is 1. The van der Waals surface area contributed by atoms with Crippen LogP contribution in [0.25, 0.3) is 0 Å². The van der Waals surface area contributed by atoms with Gasteiger partial charge in [-0.2, -0.15) is 5.26 Å². The molecule has 1 aromatic carbocycles. The van der Waals surface area contributed by atoms with Gasteiger partial charge in [-0.15, -0.1) is 0 Å². The van der Waals surface area contributed by atoms with Crippen molar-refractivity contribution in [3.63, 3.8) is 0 Å². The third-order valence-electron chi connectivity index (χ3n) is 2.69. The van der Waals surface area contributed by atoms with Crippen LogP contribution in [0.2, 0.25) is 0 Å². The molecule has 0 radical (unpaired) electrons. The molecule has 0 aliphatic heterocycles. The van der Waals surface area contributed by atoms with Gasteiger partial charge in [0.05, 0.1) is 28.8 Å². The number of hydrogen-bond acceptors (Lipinski definition) is 4. The minimum Gasteiger partial charge on any atom is -0.438 e. The highest BCUT2D eigenvalue weighted by Gasteiger charge is 2.09. The van der Waals surface area contributed by atoms with Gasteiger partial charge in [-0.05, 0) is 46.1 Å². The van der Waals surface area contributed by atoms with Gasteiger partial charge >= 0.3 is 0 Å². The number of halogens is 1. The first-order valence-electron chi connectivity index (χ1n) is 5.66. The summed E-state index contributed by atoms with van der Waals surface area (Å²) < 4.78 is 6.43. The Kier molecular flexibility index (Phi) is 4.03. The Hall–Kier alpha value is -2.06. The van der Waals surface area contributed by atoms with Crippen LogP contribution in [-0.4, -0.2) is 4.98 Å². The van der Waals surface area contributed by atoms with Crippen molar-refractivity contribution in [3.8, 4) is 17.7 Å². The van der Waals surface area contributed by atoms with Crippen molar-refractivity contribution >= 4 is 21.6 Å². The van der Waals surface area contributed by atoms with Crippen molar-refractivity contribution in [3.05, 3.63) is 46.1 Å². The molecular weight excluding hydrogens is 306 g/mol. The van der Waals surface area contributed by atoms with Gasteiger partial charge in [-0.3, -0.25) is 0 Å². The van der Waals surface area contributed by atoms with Crippen molar-refractivity contribution in [1.29, 1.82) is 5.26 Å². The minimum atomic E-state index is 0.392. The van der Waals surface area contributed by atoms with Crippen LogP contribution in [0.15, 0.2) is 34.9 Å². The van der Waals surface area contributed by atoms with Crippen LogP contribution < -0.4 is 10.5 Å². The van der Waals surface area contributed by atoms with Crippen LogP contribution in [0, 0.1) is 18.3 Å². The molecule has 19 heavy (non-hydrogen) atoms. The second kappa shape index (κ2) is 5.72. The molecule has 2 aromatic rings. The van der Waals surface area contributed by atoms with Crippen LogP contribution in [0.3, 0.4) is 0 Å². The Balaban J connectivity index is 2.22. The lowest BCUT2D eigenvalue weighted by Gasteiger charge is -2.10. The first-order chi connectivity index (χ1) is 9.11. The number of nitriles is 1. The zero-order valence-electron chi connectivity index (χ0n) is 10.4. The Bertz CT molecular complexity index is 632. The molecule has 0 unspecified atom stereocenters. The fourth-order valence-corrected chi connectivity index (χ4v) is 1.93. The summed E-state index contributed by atoms with van der Waals surface area (Å²) in [5, 5.41) is 8.61. The standard InChI is InChI=1S/C14H12BrN3O/c1-9-12(17)8-18-14(13(9)15)19-11-4-2-10(3-5-11)6-7-16/h2-5,8H,6,17H2,1H3. The van der Waals surface area contributed by atoms with E-state index in [1.807, 2.05) is 31.2 Å². The molecule has 0 aliphatic carbocycles. The van der Waals surface area contributed by atoms with Crippen LogP contribution in [0.5, 0.6) is 11.6 Å². The second-order valence-electron chi connectivity index (χ2n) is 4.04. The molecule has 0 aliphatic rings. The Labute approximate surface area is 120 Å². The van der Waals surface area contributed by atoms with E-state index >= 15 is 0 Å². The second-order valence-corrected chi connectivity index (χ2v) is 4.83. The molecule has 0 spiro atoms. The minimum absolute atomic E-state index is 0.392. The fraction of sp³-hybridized carbons (Fsp3) is 0.143. The molecule has 0 bridgehead atoms. The molecule has 0 saturated carbocycles. The summed E-state index contributed by atoms with van der Waals surface area (Å²) >= 11 is 3.42. The summed E-state index contributed by atoms with van der Waals surface area (Å²) in [5.74, 6) is 1.14. The number of aromatic nitrogens is 1. The fourth-order valence-electron chi connectivity index (χ4n) is 1.52. The zero-order valence-corrected chi connectivity index (χ0v) is 11.9. The lowest BCUT2D eigenvalue weighted by Crippen LogP contribution is -1.96. The van der Waals surface area contributed by atoms with E-state index in [2.05, 4.69) is 27.0 Å². The van der Waals surface area contributed by atoms with Crippen molar-refractivity contribution in [2.75, 3.05) is 5.73 Å².